The fourth-order valence-electron chi connectivity index (χ4n) is 0.690. The van der Waals surface area contributed by atoms with Crippen LogP contribution >= 0.6 is 0 Å². The number of nitrogens with one attached hydrogen (secondary N) is 1. The molecule has 0 amide bonds. The molecule has 0 fully saturated rings. The van der Waals surface area contributed by atoms with Crippen LogP contribution in [-0.4, -0.2) is 30.6 Å². The van der Waals surface area contributed by atoms with Crippen LogP contribution in [0.1, 0.15) is 27.2 Å². The molecule has 0 atom stereocenters. The standard InChI is InChI=1S/C8H19NO2/c1-4-9-7-11-8(2,3)5-6-10/h9-10H,4-7H2,1-3H3. The van der Waals surface area contributed by atoms with Crippen LogP contribution in [-0.2, 0) is 4.74 Å². The molecule has 0 aliphatic rings. The summed E-state index contributed by atoms with van der Waals surface area (Å²) in [5.74, 6) is 0. The van der Waals surface area contributed by atoms with Gasteiger partial charge in [0.2, 0.25) is 0 Å². The van der Waals surface area contributed by atoms with E-state index in [1.54, 1.807) is 0 Å². The van der Waals surface area contributed by atoms with E-state index in [1.165, 1.54) is 0 Å². The highest BCUT2D eigenvalue weighted by Crippen LogP contribution is 2.12. The van der Waals surface area contributed by atoms with Crippen molar-refractivity contribution in [2.24, 2.45) is 0 Å². The first-order valence-corrected chi connectivity index (χ1v) is 4.08. The van der Waals surface area contributed by atoms with Gasteiger partial charge in [0.1, 0.15) is 0 Å². The normalized spacial score (nSPS) is 12.0. The maximum absolute atomic E-state index is 8.66. The maximum Gasteiger partial charge on any atom is 0.0972 e. The van der Waals surface area contributed by atoms with Gasteiger partial charge in [-0.2, -0.15) is 0 Å². The minimum atomic E-state index is -0.211. The third kappa shape index (κ3) is 6.28. The molecule has 0 saturated heterocycles. The predicted molar refractivity (Wildman–Crippen MR) is 45.4 cm³/mol. The first-order valence-electron chi connectivity index (χ1n) is 4.08. The van der Waals surface area contributed by atoms with Crippen molar-refractivity contribution in [2.45, 2.75) is 32.8 Å². The number of aliphatic hydroxyl groups is 1. The lowest BCUT2D eigenvalue weighted by Gasteiger charge is -2.24. The van der Waals surface area contributed by atoms with E-state index in [4.69, 9.17) is 9.84 Å². The van der Waals surface area contributed by atoms with Crippen LogP contribution in [0.15, 0.2) is 0 Å². The monoisotopic (exact) mass is 161 g/mol. The van der Waals surface area contributed by atoms with Gasteiger partial charge in [0.05, 0.1) is 12.3 Å². The summed E-state index contributed by atoms with van der Waals surface area (Å²) in [6.45, 7) is 7.63. The lowest BCUT2D eigenvalue weighted by Crippen LogP contribution is -2.31. The van der Waals surface area contributed by atoms with E-state index in [-0.39, 0.29) is 12.2 Å². The molecule has 0 unspecified atom stereocenters. The molecule has 2 N–H and O–H groups in total. The molecule has 0 spiro atoms. The summed E-state index contributed by atoms with van der Waals surface area (Å²) in [6, 6.07) is 0. The zero-order valence-electron chi connectivity index (χ0n) is 7.68. The summed E-state index contributed by atoms with van der Waals surface area (Å²) in [5.41, 5.74) is -0.211. The number of aliphatic hydroxyl groups excluding tert-OH is 1. The van der Waals surface area contributed by atoms with Crippen LogP contribution < -0.4 is 5.32 Å². The highest BCUT2D eigenvalue weighted by Gasteiger charge is 2.16. The van der Waals surface area contributed by atoms with E-state index in [0.29, 0.717) is 13.2 Å². The van der Waals surface area contributed by atoms with Gasteiger partial charge in [0.15, 0.2) is 0 Å². The molecule has 0 aliphatic carbocycles. The largest absolute Gasteiger partial charge is 0.396 e. The van der Waals surface area contributed by atoms with Crippen molar-refractivity contribution in [2.75, 3.05) is 19.9 Å². The van der Waals surface area contributed by atoms with Gasteiger partial charge >= 0.3 is 0 Å². The van der Waals surface area contributed by atoms with Gasteiger partial charge in [0.25, 0.3) is 0 Å². The van der Waals surface area contributed by atoms with Crippen LogP contribution in [0, 0.1) is 0 Å². The van der Waals surface area contributed by atoms with E-state index in [9.17, 15) is 0 Å². The molecule has 0 aromatic heterocycles. The van der Waals surface area contributed by atoms with Crippen molar-refractivity contribution in [3.8, 4) is 0 Å². The molecule has 0 bridgehead atoms. The topological polar surface area (TPSA) is 41.5 Å². The van der Waals surface area contributed by atoms with Crippen molar-refractivity contribution in [1.82, 2.24) is 5.32 Å². The van der Waals surface area contributed by atoms with Crippen molar-refractivity contribution >= 4 is 0 Å². The minimum Gasteiger partial charge on any atom is -0.396 e. The van der Waals surface area contributed by atoms with Gasteiger partial charge in [-0.3, -0.25) is 5.32 Å². The summed E-state index contributed by atoms with van der Waals surface area (Å²) in [6.07, 6.45) is 0.679. The zero-order valence-corrected chi connectivity index (χ0v) is 7.68. The molecule has 0 saturated carbocycles. The van der Waals surface area contributed by atoms with Gasteiger partial charge in [-0.1, -0.05) is 6.92 Å². The second kappa shape index (κ2) is 5.52. The van der Waals surface area contributed by atoms with E-state index >= 15 is 0 Å². The summed E-state index contributed by atoms with van der Waals surface area (Å²) in [7, 11) is 0. The molecule has 0 aromatic rings. The van der Waals surface area contributed by atoms with E-state index in [1.807, 2.05) is 20.8 Å². The number of ether oxygens (including phenoxy) is 1. The molecular formula is C8H19NO2. The van der Waals surface area contributed by atoms with Gasteiger partial charge in [-0.05, 0) is 26.8 Å². The second-order valence-corrected chi connectivity index (χ2v) is 3.13. The molecule has 68 valence electrons. The molecule has 0 aliphatic heterocycles. The van der Waals surface area contributed by atoms with Crippen molar-refractivity contribution in [3.63, 3.8) is 0 Å². The summed E-state index contributed by atoms with van der Waals surface area (Å²) in [5, 5.41) is 11.7. The molecule has 0 heterocycles. The Morgan fingerprint density at radius 3 is 2.55 bits per heavy atom. The number of rotatable bonds is 6. The molecular weight excluding hydrogens is 142 g/mol. The maximum atomic E-state index is 8.66. The molecule has 3 nitrogen and oxygen atoms in total. The van der Waals surface area contributed by atoms with E-state index < -0.39 is 0 Å². The zero-order chi connectivity index (χ0) is 8.74. The highest BCUT2D eigenvalue weighted by atomic mass is 16.5. The van der Waals surface area contributed by atoms with Gasteiger partial charge in [0, 0.05) is 6.61 Å². The second-order valence-electron chi connectivity index (χ2n) is 3.13. The Hall–Kier alpha value is -0.120. The Labute approximate surface area is 68.8 Å². The van der Waals surface area contributed by atoms with Gasteiger partial charge in [-0.15, -0.1) is 0 Å². The van der Waals surface area contributed by atoms with Crippen LogP contribution in [0.2, 0.25) is 0 Å². The molecule has 0 radical (unpaired) electrons. The van der Waals surface area contributed by atoms with Crippen molar-refractivity contribution in [1.29, 1.82) is 0 Å². The fraction of sp³-hybridized carbons (Fsp3) is 1.00. The smallest absolute Gasteiger partial charge is 0.0972 e. The third-order valence-electron chi connectivity index (χ3n) is 1.53. The highest BCUT2D eigenvalue weighted by molar-refractivity contribution is 4.66. The van der Waals surface area contributed by atoms with Crippen LogP contribution in [0.5, 0.6) is 0 Å². The first kappa shape index (κ1) is 10.9. The lowest BCUT2D eigenvalue weighted by molar-refractivity contribution is -0.0405. The van der Waals surface area contributed by atoms with Crippen LogP contribution in [0.3, 0.4) is 0 Å². The number of hydrogen-bond donors (Lipinski definition) is 2. The lowest BCUT2D eigenvalue weighted by atomic mass is 10.1. The van der Waals surface area contributed by atoms with Crippen LogP contribution in [0.25, 0.3) is 0 Å². The Kier molecular flexibility index (Phi) is 5.46. The molecule has 3 heteroatoms. The summed E-state index contributed by atoms with van der Waals surface area (Å²) < 4.78 is 5.44. The third-order valence-corrected chi connectivity index (χ3v) is 1.53. The van der Waals surface area contributed by atoms with Gasteiger partial charge in [-0.25, -0.2) is 0 Å². The van der Waals surface area contributed by atoms with E-state index in [0.717, 1.165) is 6.54 Å². The van der Waals surface area contributed by atoms with Gasteiger partial charge < -0.3 is 9.84 Å². The summed E-state index contributed by atoms with van der Waals surface area (Å²) >= 11 is 0. The minimum absolute atomic E-state index is 0.180. The fourth-order valence-corrected chi connectivity index (χ4v) is 0.690. The Morgan fingerprint density at radius 2 is 2.09 bits per heavy atom. The van der Waals surface area contributed by atoms with Crippen molar-refractivity contribution in [3.05, 3.63) is 0 Å². The molecule has 0 aromatic carbocycles. The Bertz CT molecular complexity index is 94.1. The van der Waals surface area contributed by atoms with Crippen molar-refractivity contribution < 1.29 is 9.84 Å². The Balaban J connectivity index is 3.38. The van der Waals surface area contributed by atoms with E-state index in [2.05, 4.69) is 5.32 Å². The molecule has 0 rings (SSSR count). The molecule has 11 heavy (non-hydrogen) atoms. The average molecular weight is 161 g/mol. The Morgan fingerprint density at radius 1 is 1.45 bits per heavy atom. The average Bonchev–Trinajstić information content (AvgIpc) is 1.87. The SMILES string of the molecule is CCNCOC(C)(C)CCO. The number of hydrogen-bond acceptors (Lipinski definition) is 3. The quantitative estimate of drug-likeness (QED) is 0.446. The van der Waals surface area contributed by atoms with Crippen LogP contribution in [0.4, 0.5) is 0 Å². The predicted octanol–water partition coefficient (Wildman–Crippen LogP) is 0.731. The first-order chi connectivity index (χ1) is 5.12. The summed E-state index contributed by atoms with van der Waals surface area (Å²) in [4.78, 5) is 0.